The molecular formula is C17H15NO2. The lowest BCUT2D eigenvalue weighted by atomic mass is 10.00. The first-order valence-electron chi connectivity index (χ1n) is 6.41. The van der Waals surface area contributed by atoms with Crippen LogP contribution >= 0.6 is 0 Å². The van der Waals surface area contributed by atoms with Gasteiger partial charge in [0.1, 0.15) is 0 Å². The Balaban J connectivity index is 2.43. The number of aromatic nitrogens is 1. The van der Waals surface area contributed by atoms with Gasteiger partial charge in [0.25, 0.3) is 5.88 Å². The summed E-state index contributed by atoms with van der Waals surface area (Å²) in [5.41, 5.74) is 2.99. The molecule has 3 heteroatoms. The predicted molar refractivity (Wildman–Crippen MR) is 80.3 cm³/mol. The summed E-state index contributed by atoms with van der Waals surface area (Å²) in [6.07, 6.45) is 0. The van der Waals surface area contributed by atoms with Crippen molar-refractivity contribution in [3.05, 3.63) is 54.6 Å². The summed E-state index contributed by atoms with van der Waals surface area (Å²) in [4.78, 5) is 4.50. The molecule has 100 valence electrons. The maximum absolute atomic E-state index is 5.54. The highest BCUT2D eigenvalue weighted by atomic mass is 16.5. The smallest absolute Gasteiger partial charge is 0.257 e. The molecule has 0 radical (unpaired) electrons. The van der Waals surface area contributed by atoms with E-state index in [4.69, 9.17) is 9.47 Å². The fourth-order valence-corrected chi connectivity index (χ4v) is 2.39. The van der Waals surface area contributed by atoms with Crippen molar-refractivity contribution in [3.8, 4) is 22.8 Å². The lowest BCUT2D eigenvalue weighted by molar-refractivity contribution is 0.346. The highest BCUT2D eigenvalue weighted by molar-refractivity contribution is 5.98. The van der Waals surface area contributed by atoms with E-state index in [1.165, 1.54) is 0 Å². The molecule has 0 unspecified atom stereocenters. The molecule has 0 aliphatic carbocycles. The molecule has 0 aliphatic heterocycles. The number of para-hydroxylation sites is 1. The summed E-state index contributed by atoms with van der Waals surface area (Å²) in [7, 11) is 3.25. The minimum atomic E-state index is 0.505. The normalized spacial score (nSPS) is 10.5. The maximum Gasteiger partial charge on any atom is 0.257 e. The van der Waals surface area contributed by atoms with Crippen molar-refractivity contribution in [2.75, 3.05) is 14.2 Å². The zero-order valence-corrected chi connectivity index (χ0v) is 11.5. The standard InChI is InChI=1S/C17H15NO2/c1-19-16-15(12-8-4-3-5-9-12)13-10-6-7-11-14(13)18-17(16)20-2/h3-11H,1-2H3. The Morgan fingerprint density at radius 1 is 0.800 bits per heavy atom. The van der Waals surface area contributed by atoms with Crippen LogP contribution in [0.4, 0.5) is 0 Å². The number of methoxy groups -OCH3 is 2. The molecule has 3 rings (SSSR count). The third-order valence-electron chi connectivity index (χ3n) is 3.28. The molecule has 0 saturated carbocycles. The van der Waals surface area contributed by atoms with Gasteiger partial charge in [-0.1, -0.05) is 48.5 Å². The van der Waals surface area contributed by atoms with Crippen LogP contribution < -0.4 is 9.47 Å². The van der Waals surface area contributed by atoms with E-state index in [0.29, 0.717) is 11.6 Å². The van der Waals surface area contributed by atoms with Crippen LogP contribution in [0.15, 0.2) is 54.6 Å². The zero-order valence-electron chi connectivity index (χ0n) is 11.5. The van der Waals surface area contributed by atoms with Gasteiger partial charge in [-0.3, -0.25) is 0 Å². The topological polar surface area (TPSA) is 31.4 Å². The van der Waals surface area contributed by atoms with Crippen LogP contribution in [0.5, 0.6) is 11.6 Å². The zero-order chi connectivity index (χ0) is 13.9. The molecule has 1 aromatic heterocycles. The molecule has 0 spiro atoms. The molecule has 2 aromatic carbocycles. The lowest BCUT2D eigenvalue weighted by Crippen LogP contribution is -1.97. The fourth-order valence-electron chi connectivity index (χ4n) is 2.39. The van der Waals surface area contributed by atoms with Gasteiger partial charge in [0.2, 0.25) is 0 Å². The first-order valence-corrected chi connectivity index (χ1v) is 6.41. The van der Waals surface area contributed by atoms with Gasteiger partial charge in [-0.25, -0.2) is 4.98 Å². The highest BCUT2D eigenvalue weighted by Crippen LogP contribution is 2.41. The molecule has 0 fully saturated rings. The number of nitrogens with zero attached hydrogens (tertiary/aromatic N) is 1. The number of rotatable bonds is 3. The van der Waals surface area contributed by atoms with Gasteiger partial charge in [-0.05, 0) is 11.6 Å². The molecule has 0 saturated heterocycles. The van der Waals surface area contributed by atoms with Crippen molar-refractivity contribution >= 4 is 10.9 Å². The second-order valence-electron chi connectivity index (χ2n) is 4.41. The van der Waals surface area contributed by atoms with E-state index >= 15 is 0 Å². The number of hydrogen-bond donors (Lipinski definition) is 0. The minimum Gasteiger partial charge on any atom is -0.491 e. The van der Waals surface area contributed by atoms with Crippen LogP contribution in [0.3, 0.4) is 0 Å². The third kappa shape index (κ3) is 1.97. The van der Waals surface area contributed by atoms with Gasteiger partial charge in [0.15, 0.2) is 5.75 Å². The Morgan fingerprint density at radius 2 is 1.50 bits per heavy atom. The second kappa shape index (κ2) is 5.21. The van der Waals surface area contributed by atoms with E-state index < -0.39 is 0 Å². The fraction of sp³-hybridized carbons (Fsp3) is 0.118. The molecule has 0 aliphatic rings. The van der Waals surface area contributed by atoms with Crippen LogP contribution in [0, 0.1) is 0 Å². The van der Waals surface area contributed by atoms with Crippen molar-refractivity contribution in [2.24, 2.45) is 0 Å². The summed E-state index contributed by atoms with van der Waals surface area (Å²) >= 11 is 0. The summed E-state index contributed by atoms with van der Waals surface area (Å²) in [5, 5.41) is 1.05. The monoisotopic (exact) mass is 265 g/mol. The summed E-state index contributed by atoms with van der Waals surface area (Å²) in [5.74, 6) is 1.17. The van der Waals surface area contributed by atoms with Crippen molar-refractivity contribution in [1.82, 2.24) is 4.98 Å². The van der Waals surface area contributed by atoms with Gasteiger partial charge >= 0.3 is 0 Å². The van der Waals surface area contributed by atoms with E-state index in [1.807, 2.05) is 42.5 Å². The van der Waals surface area contributed by atoms with Crippen LogP contribution in [0.2, 0.25) is 0 Å². The van der Waals surface area contributed by atoms with Crippen molar-refractivity contribution in [2.45, 2.75) is 0 Å². The summed E-state index contributed by atoms with van der Waals surface area (Å²) < 4.78 is 10.9. The maximum atomic E-state index is 5.54. The van der Waals surface area contributed by atoms with Crippen LogP contribution in [-0.2, 0) is 0 Å². The van der Waals surface area contributed by atoms with E-state index in [9.17, 15) is 0 Å². The highest BCUT2D eigenvalue weighted by Gasteiger charge is 2.17. The number of hydrogen-bond acceptors (Lipinski definition) is 3. The van der Waals surface area contributed by atoms with Crippen LogP contribution in [0.1, 0.15) is 0 Å². The van der Waals surface area contributed by atoms with E-state index in [-0.39, 0.29) is 0 Å². The van der Waals surface area contributed by atoms with Crippen LogP contribution in [-0.4, -0.2) is 19.2 Å². The molecular weight excluding hydrogens is 250 g/mol. The van der Waals surface area contributed by atoms with Gasteiger partial charge in [-0.2, -0.15) is 0 Å². The average Bonchev–Trinajstić information content (AvgIpc) is 2.53. The van der Waals surface area contributed by atoms with E-state index in [2.05, 4.69) is 17.1 Å². The predicted octanol–water partition coefficient (Wildman–Crippen LogP) is 3.92. The van der Waals surface area contributed by atoms with E-state index in [0.717, 1.165) is 22.0 Å². The van der Waals surface area contributed by atoms with E-state index in [1.54, 1.807) is 14.2 Å². The van der Waals surface area contributed by atoms with Crippen molar-refractivity contribution in [3.63, 3.8) is 0 Å². The Bertz CT molecular complexity index is 739. The lowest BCUT2D eigenvalue weighted by Gasteiger charge is -2.15. The quantitative estimate of drug-likeness (QED) is 0.719. The van der Waals surface area contributed by atoms with Crippen molar-refractivity contribution < 1.29 is 9.47 Å². The molecule has 1 heterocycles. The molecule has 0 bridgehead atoms. The minimum absolute atomic E-state index is 0.505. The second-order valence-corrected chi connectivity index (χ2v) is 4.41. The Morgan fingerprint density at radius 3 is 2.20 bits per heavy atom. The number of pyridine rings is 1. The van der Waals surface area contributed by atoms with Gasteiger partial charge in [0, 0.05) is 10.9 Å². The molecule has 3 nitrogen and oxygen atoms in total. The average molecular weight is 265 g/mol. The van der Waals surface area contributed by atoms with Crippen LogP contribution in [0.25, 0.3) is 22.0 Å². The van der Waals surface area contributed by atoms with Gasteiger partial charge in [0.05, 0.1) is 19.7 Å². The number of ether oxygens (including phenoxy) is 2. The first kappa shape index (κ1) is 12.5. The van der Waals surface area contributed by atoms with Gasteiger partial charge < -0.3 is 9.47 Å². The molecule has 0 N–H and O–H groups in total. The van der Waals surface area contributed by atoms with Crippen molar-refractivity contribution in [1.29, 1.82) is 0 Å². The number of benzene rings is 2. The summed E-state index contributed by atoms with van der Waals surface area (Å²) in [6, 6.07) is 18.1. The molecule has 3 aromatic rings. The Labute approximate surface area is 117 Å². The third-order valence-corrected chi connectivity index (χ3v) is 3.28. The number of fused-ring (bicyclic) bond motifs is 1. The SMILES string of the molecule is COc1nc2ccccc2c(-c2ccccc2)c1OC. The Hall–Kier alpha value is -2.55. The largest absolute Gasteiger partial charge is 0.491 e. The first-order chi connectivity index (χ1) is 9.85. The molecule has 0 amide bonds. The summed E-state index contributed by atoms with van der Waals surface area (Å²) in [6.45, 7) is 0. The Kier molecular flexibility index (Phi) is 3.25. The van der Waals surface area contributed by atoms with Gasteiger partial charge in [-0.15, -0.1) is 0 Å². The molecule has 20 heavy (non-hydrogen) atoms. The molecule has 0 atom stereocenters.